The van der Waals surface area contributed by atoms with Crippen molar-refractivity contribution < 1.29 is 4.79 Å². The van der Waals surface area contributed by atoms with Crippen molar-refractivity contribution in [2.45, 2.75) is 19.4 Å². The van der Waals surface area contributed by atoms with Crippen LogP contribution in [0.15, 0.2) is 41.2 Å². The first-order chi connectivity index (χ1) is 9.83. The molecule has 3 nitrogen and oxygen atoms in total. The molecule has 1 saturated heterocycles. The first kappa shape index (κ1) is 13.5. The molecule has 1 aromatic heterocycles. The molecule has 2 aromatic rings. The Morgan fingerprint density at radius 3 is 2.65 bits per heavy atom. The molecule has 1 fully saturated rings. The van der Waals surface area contributed by atoms with E-state index in [1.54, 1.807) is 11.3 Å². The fourth-order valence-corrected chi connectivity index (χ4v) is 3.29. The SMILES string of the molecule is O=C(c1ccccc1)C1CCN(Cc2cscn2)CC1. The van der Waals surface area contributed by atoms with Crippen LogP contribution in [0.1, 0.15) is 28.9 Å². The summed E-state index contributed by atoms with van der Waals surface area (Å²) in [6.45, 7) is 2.89. The molecule has 4 heteroatoms. The van der Waals surface area contributed by atoms with Crippen LogP contribution in [0.25, 0.3) is 0 Å². The molecule has 1 aliphatic rings. The third-order valence-corrected chi connectivity index (χ3v) is 4.52. The number of hydrogen-bond donors (Lipinski definition) is 0. The van der Waals surface area contributed by atoms with E-state index in [4.69, 9.17) is 0 Å². The molecule has 104 valence electrons. The monoisotopic (exact) mass is 286 g/mol. The van der Waals surface area contributed by atoms with Gasteiger partial charge in [-0.15, -0.1) is 11.3 Å². The average Bonchev–Trinajstić information content (AvgIpc) is 3.01. The smallest absolute Gasteiger partial charge is 0.166 e. The maximum Gasteiger partial charge on any atom is 0.166 e. The van der Waals surface area contributed by atoms with Crippen LogP contribution in [0.5, 0.6) is 0 Å². The normalized spacial score (nSPS) is 17.2. The van der Waals surface area contributed by atoms with E-state index in [9.17, 15) is 4.79 Å². The molecule has 0 bridgehead atoms. The largest absolute Gasteiger partial charge is 0.297 e. The number of nitrogens with zero attached hydrogens (tertiary/aromatic N) is 2. The predicted octanol–water partition coefficient (Wildman–Crippen LogP) is 3.24. The number of piperidine rings is 1. The van der Waals surface area contributed by atoms with Crippen molar-refractivity contribution in [3.63, 3.8) is 0 Å². The van der Waals surface area contributed by atoms with Crippen LogP contribution in [-0.2, 0) is 6.54 Å². The van der Waals surface area contributed by atoms with Gasteiger partial charge >= 0.3 is 0 Å². The number of rotatable bonds is 4. The van der Waals surface area contributed by atoms with E-state index in [0.717, 1.165) is 43.7 Å². The van der Waals surface area contributed by atoms with Crippen LogP contribution in [0, 0.1) is 5.92 Å². The molecule has 1 aromatic carbocycles. The lowest BCUT2D eigenvalue weighted by Gasteiger charge is -2.30. The summed E-state index contributed by atoms with van der Waals surface area (Å²) in [5.41, 5.74) is 3.87. The van der Waals surface area contributed by atoms with E-state index in [1.807, 2.05) is 35.8 Å². The molecule has 0 radical (unpaired) electrons. The lowest BCUT2D eigenvalue weighted by Crippen LogP contribution is -2.36. The van der Waals surface area contributed by atoms with Gasteiger partial charge in [-0.25, -0.2) is 4.98 Å². The molecule has 0 N–H and O–H groups in total. The number of likely N-dealkylation sites (tertiary alicyclic amines) is 1. The third kappa shape index (κ3) is 3.14. The Morgan fingerprint density at radius 2 is 2.00 bits per heavy atom. The molecule has 0 unspecified atom stereocenters. The first-order valence-corrected chi connectivity index (χ1v) is 7.96. The maximum absolute atomic E-state index is 12.4. The molecular weight excluding hydrogens is 268 g/mol. The van der Waals surface area contributed by atoms with E-state index >= 15 is 0 Å². The number of ketones is 1. The minimum absolute atomic E-state index is 0.184. The highest BCUT2D eigenvalue weighted by molar-refractivity contribution is 7.07. The summed E-state index contributed by atoms with van der Waals surface area (Å²) in [6.07, 6.45) is 1.91. The average molecular weight is 286 g/mol. The van der Waals surface area contributed by atoms with Crippen molar-refractivity contribution >= 4 is 17.1 Å². The lowest BCUT2D eigenvalue weighted by atomic mass is 9.89. The molecule has 0 atom stereocenters. The van der Waals surface area contributed by atoms with Gasteiger partial charge < -0.3 is 0 Å². The van der Waals surface area contributed by atoms with Crippen LogP contribution in [-0.4, -0.2) is 28.8 Å². The second-order valence-electron chi connectivity index (χ2n) is 5.26. The number of carbonyl (C=O) groups is 1. The predicted molar refractivity (Wildman–Crippen MR) is 80.9 cm³/mol. The molecule has 20 heavy (non-hydrogen) atoms. The lowest BCUT2D eigenvalue weighted by molar-refractivity contribution is 0.0834. The van der Waals surface area contributed by atoms with Gasteiger partial charge in [0.15, 0.2) is 5.78 Å². The zero-order chi connectivity index (χ0) is 13.8. The fraction of sp³-hybridized carbons (Fsp3) is 0.375. The summed E-state index contributed by atoms with van der Waals surface area (Å²) in [5.74, 6) is 0.489. The van der Waals surface area contributed by atoms with E-state index in [2.05, 4.69) is 15.3 Å². The molecule has 0 spiro atoms. The molecule has 0 saturated carbocycles. The van der Waals surface area contributed by atoms with Gasteiger partial charge in [-0.2, -0.15) is 0 Å². The van der Waals surface area contributed by atoms with Crippen LogP contribution >= 0.6 is 11.3 Å². The second-order valence-corrected chi connectivity index (χ2v) is 5.98. The Hall–Kier alpha value is -1.52. The Morgan fingerprint density at radius 1 is 1.25 bits per heavy atom. The quantitative estimate of drug-likeness (QED) is 0.809. The second kappa shape index (κ2) is 6.29. The highest BCUT2D eigenvalue weighted by Gasteiger charge is 2.25. The number of Topliss-reactive ketones (excluding diaryl/α,β-unsaturated/α-hetero) is 1. The van der Waals surface area contributed by atoms with E-state index in [1.165, 1.54) is 0 Å². The van der Waals surface area contributed by atoms with Gasteiger partial charge in [-0.3, -0.25) is 9.69 Å². The van der Waals surface area contributed by atoms with Crippen molar-refractivity contribution in [1.82, 2.24) is 9.88 Å². The van der Waals surface area contributed by atoms with E-state index in [0.29, 0.717) is 5.78 Å². The minimum atomic E-state index is 0.184. The van der Waals surface area contributed by atoms with E-state index < -0.39 is 0 Å². The zero-order valence-electron chi connectivity index (χ0n) is 11.4. The summed E-state index contributed by atoms with van der Waals surface area (Å²) in [6, 6.07) is 9.66. The van der Waals surface area contributed by atoms with Gasteiger partial charge in [0.25, 0.3) is 0 Å². The number of thiazole rings is 1. The zero-order valence-corrected chi connectivity index (χ0v) is 12.2. The number of hydrogen-bond acceptors (Lipinski definition) is 4. The van der Waals surface area contributed by atoms with E-state index in [-0.39, 0.29) is 5.92 Å². The van der Waals surface area contributed by atoms with Gasteiger partial charge in [0.2, 0.25) is 0 Å². The van der Waals surface area contributed by atoms with Crippen molar-refractivity contribution in [3.8, 4) is 0 Å². The number of benzene rings is 1. The Balaban J connectivity index is 1.55. The van der Waals surface area contributed by atoms with Crippen LogP contribution in [0.3, 0.4) is 0 Å². The maximum atomic E-state index is 12.4. The Labute approximate surface area is 123 Å². The summed E-state index contributed by atoms with van der Waals surface area (Å²) in [4.78, 5) is 19.1. The van der Waals surface area contributed by atoms with Crippen molar-refractivity contribution in [2.24, 2.45) is 5.92 Å². The third-order valence-electron chi connectivity index (χ3n) is 3.89. The molecule has 0 amide bonds. The van der Waals surface area contributed by atoms with Gasteiger partial charge in [0.1, 0.15) is 0 Å². The molecule has 0 aliphatic carbocycles. The topological polar surface area (TPSA) is 33.2 Å². The molecule has 2 heterocycles. The molecular formula is C16H18N2OS. The van der Waals surface area contributed by atoms with Crippen molar-refractivity contribution in [2.75, 3.05) is 13.1 Å². The highest BCUT2D eigenvalue weighted by atomic mass is 32.1. The fourth-order valence-electron chi connectivity index (χ4n) is 2.74. The van der Waals surface area contributed by atoms with Crippen molar-refractivity contribution in [3.05, 3.63) is 52.5 Å². The number of aromatic nitrogens is 1. The van der Waals surface area contributed by atoms with Crippen LogP contribution < -0.4 is 0 Å². The van der Waals surface area contributed by atoms with Crippen LogP contribution in [0.2, 0.25) is 0 Å². The van der Waals surface area contributed by atoms with Crippen LogP contribution in [0.4, 0.5) is 0 Å². The van der Waals surface area contributed by atoms with Gasteiger partial charge in [0.05, 0.1) is 11.2 Å². The summed E-state index contributed by atoms with van der Waals surface area (Å²) in [7, 11) is 0. The highest BCUT2D eigenvalue weighted by Crippen LogP contribution is 2.22. The van der Waals surface area contributed by atoms with Crippen molar-refractivity contribution in [1.29, 1.82) is 0 Å². The minimum Gasteiger partial charge on any atom is -0.297 e. The van der Waals surface area contributed by atoms with Gasteiger partial charge in [-0.05, 0) is 25.9 Å². The standard InChI is InChI=1S/C16H18N2OS/c19-16(13-4-2-1-3-5-13)14-6-8-18(9-7-14)10-15-11-20-12-17-15/h1-5,11-12,14H,6-10H2. The summed E-state index contributed by atoms with van der Waals surface area (Å²) < 4.78 is 0. The Kier molecular flexibility index (Phi) is 4.23. The summed E-state index contributed by atoms with van der Waals surface area (Å²) in [5, 5.41) is 2.10. The number of carbonyl (C=O) groups excluding carboxylic acids is 1. The molecule has 1 aliphatic heterocycles. The van der Waals surface area contributed by atoms with Gasteiger partial charge in [0, 0.05) is 23.4 Å². The first-order valence-electron chi connectivity index (χ1n) is 7.01. The Bertz CT molecular complexity index is 545. The summed E-state index contributed by atoms with van der Waals surface area (Å²) >= 11 is 1.64. The van der Waals surface area contributed by atoms with Gasteiger partial charge in [-0.1, -0.05) is 30.3 Å². The molecule has 3 rings (SSSR count).